The van der Waals surface area contributed by atoms with E-state index in [4.69, 9.17) is 9.47 Å². The number of halogens is 1. The highest BCUT2D eigenvalue weighted by atomic mass is 19.1. The summed E-state index contributed by atoms with van der Waals surface area (Å²) in [6.45, 7) is 0.460. The molecule has 1 aromatic heterocycles. The predicted molar refractivity (Wildman–Crippen MR) is 102 cm³/mol. The molecule has 0 atom stereocenters. The minimum atomic E-state index is -0.525. The molecule has 27 heavy (non-hydrogen) atoms. The van der Waals surface area contributed by atoms with Crippen molar-refractivity contribution in [2.24, 2.45) is 0 Å². The zero-order chi connectivity index (χ0) is 18.9. The highest BCUT2D eigenvalue weighted by molar-refractivity contribution is 5.86. The monoisotopic (exact) mass is 368 g/mol. The fourth-order valence-corrected chi connectivity index (χ4v) is 2.89. The molecule has 6 heteroatoms. The quantitative estimate of drug-likeness (QED) is 0.643. The molecule has 0 radical (unpaired) electrons. The molecule has 0 unspecified atom stereocenters. The minimum absolute atomic E-state index is 0.152. The third-order valence-electron chi connectivity index (χ3n) is 4.78. The summed E-state index contributed by atoms with van der Waals surface area (Å²) in [7, 11) is 1.73. The van der Waals surface area contributed by atoms with Crippen LogP contribution in [0.15, 0.2) is 48.7 Å². The Balaban J connectivity index is 1.53. The van der Waals surface area contributed by atoms with Crippen molar-refractivity contribution >= 4 is 16.6 Å². The Labute approximate surface area is 156 Å². The number of hydrogen-bond donors (Lipinski definition) is 2. The van der Waals surface area contributed by atoms with Gasteiger partial charge in [-0.15, -0.1) is 0 Å². The smallest absolute Gasteiger partial charge is 0.167 e. The Bertz CT molecular complexity index is 973. The summed E-state index contributed by atoms with van der Waals surface area (Å²) in [6, 6.07) is 11.9. The zero-order valence-electron chi connectivity index (χ0n) is 15.0. The zero-order valence-corrected chi connectivity index (χ0v) is 15.0. The van der Waals surface area contributed by atoms with E-state index in [2.05, 4.69) is 10.3 Å². The molecule has 0 spiro atoms. The van der Waals surface area contributed by atoms with E-state index in [9.17, 15) is 9.50 Å². The number of aromatic nitrogens is 1. The van der Waals surface area contributed by atoms with Crippen LogP contribution in [-0.2, 0) is 0 Å². The summed E-state index contributed by atoms with van der Waals surface area (Å²) < 4.78 is 25.7. The maximum atomic E-state index is 14.2. The van der Waals surface area contributed by atoms with Crippen LogP contribution in [0.4, 0.5) is 10.1 Å². The van der Waals surface area contributed by atoms with Crippen LogP contribution in [0.1, 0.15) is 19.3 Å². The van der Waals surface area contributed by atoms with E-state index in [-0.39, 0.29) is 5.75 Å². The number of rotatable bonds is 7. The molecule has 5 nitrogen and oxygen atoms in total. The molecule has 0 bridgehead atoms. The fraction of sp³-hybridized carbons (Fsp3) is 0.286. The van der Waals surface area contributed by atoms with Gasteiger partial charge in [-0.05, 0) is 43.2 Å². The van der Waals surface area contributed by atoms with Gasteiger partial charge in [-0.3, -0.25) is 4.98 Å². The number of ether oxygens (including phenoxy) is 2. The van der Waals surface area contributed by atoms with Crippen LogP contribution >= 0.6 is 0 Å². The molecule has 2 aromatic carbocycles. The number of nitrogens with one attached hydrogen (secondary N) is 1. The first-order valence-corrected chi connectivity index (χ1v) is 8.95. The van der Waals surface area contributed by atoms with Gasteiger partial charge in [0.1, 0.15) is 11.5 Å². The predicted octanol–water partition coefficient (Wildman–Crippen LogP) is 4.50. The Morgan fingerprint density at radius 2 is 2.00 bits per heavy atom. The van der Waals surface area contributed by atoms with E-state index >= 15 is 0 Å². The topological polar surface area (TPSA) is 63.6 Å². The molecular weight excluding hydrogens is 347 g/mol. The van der Waals surface area contributed by atoms with Gasteiger partial charge in [-0.25, -0.2) is 4.39 Å². The van der Waals surface area contributed by atoms with Crippen LogP contribution in [0.25, 0.3) is 10.9 Å². The summed E-state index contributed by atoms with van der Waals surface area (Å²) in [4.78, 5) is 4.35. The van der Waals surface area contributed by atoms with Crippen molar-refractivity contribution in [3.63, 3.8) is 0 Å². The Morgan fingerprint density at radius 1 is 1.15 bits per heavy atom. The summed E-state index contributed by atoms with van der Waals surface area (Å²) in [5.41, 5.74) is 0.850. The van der Waals surface area contributed by atoms with Crippen molar-refractivity contribution in [2.75, 3.05) is 19.0 Å². The summed E-state index contributed by atoms with van der Waals surface area (Å²) in [6.07, 6.45) is 3.95. The van der Waals surface area contributed by atoms with Gasteiger partial charge in [0.05, 0.1) is 17.7 Å². The highest BCUT2D eigenvalue weighted by Gasteiger charge is 2.39. The lowest BCUT2D eigenvalue weighted by Gasteiger charge is -2.12. The SMILES string of the molecule is CNc1ccc(Oc2ccnc3cc(OCCC4(O)CC4)ccc23)c(F)c1. The Hall–Kier alpha value is -2.86. The lowest BCUT2D eigenvalue weighted by molar-refractivity contribution is 0.117. The molecule has 140 valence electrons. The van der Waals surface area contributed by atoms with Crippen LogP contribution < -0.4 is 14.8 Å². The Kier molecular flexibility index (Phi) is 4.58. The molecule has 1 fully saturated rings. The second-order valence-electron chi connectivity index (χ2n) is 6.81. The van der Waals surface area contributed by atoms with Crippen molar-refractivity contribution in [2.45, 2.75) is 24.9 Å². The van der Waals surface area contributed by atoms with Crippen molar-refractivity contribution in [3.8, 4) is 17.2 Å². The number of anilines is 1. The lowest BCUT2D eigenvalue weighted by atomic mass is 10.2. The summed E-state index contributed by atoms with van der Waals surface area (Å²) in [5, 5.41) is 13.5. The number of hydrogen-bond acceptors (Lipinski definition) is 5. The summed E-state index contributed by atoms with van der Waals surface area (Å²) >= 11 is 0. The molecule has 1 aliphatic carbocycles. The van der Waals surface area contributed by atoms with Gasteiger partial charge in [0.2, 0.25) is 0 Å². The number of benzene rings is 2. The van der Waals surface area contributed by atoms with Gasteiger partial charge >= 0.3 is 0 Å². The fourth-order valence-electron chi connectivity index (χ4n) is 2.89. The van der Waals surface area contributed by atoms with Crippen LogP contribution in [-0.4, -0.2) is 29.3 Å². The molecule has 3 aromatic rings. The molecule has 1 aliphatic rings. The van der Waals surface area contributed by atoms with Crippen LogP contribution in [0, 0.1) is 5.82 Å². The van der Waals surface area contributed by atoms with Gasteiger partial charge in [-0.1, -0.05) is 0 Å². The standard InChI is InChI=1S/C21H21FN2O3/c1-23-14-2-5-20(17(22)12-14)27-19-6-10-24-18-13-15(3-4-16(18)19)26-11-9-21(25)7-8-21/h2-6,10,12-13,23,25H,7-9,11H2,1H3. The van der Waals surface area contributed by atoms with Crippen molar-refractivity contribution < 1.29 is 19.0 Å². The number of pyridine rings is 1. The van der Waals surface area contributed by atoms with Crippen LogP contribution in [0.3, 0.4) is 0 Å². The van der Waals surface area contributed by atoms with Gasteiger partial charge in [0, 0.05) is 42.9 Å². The molecule has 4 rings (SSSR count). The average Bonchev–Trinajstić information content (AvgIpc) is 3.40. The van der Waals surface area contributed by atoms with E-state index in [1.54, 1.807) is 31.4 Å². The molecule has 0 amide bonds. The first-order chi connectivity index (χ1) is 13.1. The van der Waals surface area contributed by atoms with E-state index in [0.29, 0.717) is 35.7 Å². The van der Waals surface area contributed by atoms with Crippen LogP contribution in [0.5, 0.6) is 17.2 Å². The maximum Gasteiger partial charge on any atom is 0.167 e. The van der Waals surface area contributed by atoms with Gasteiger partial charge in [0.25, 0.3) is 0 Å². The highest BCUT2D eigenvalue weighted by Crippen LogP contribution is 2.38. The van der Waals surface area contributed by atoms with Crippen molar-refractivity contribution in [1.29, 1.82) is 0 Å². The molecule has 1 heterocycles. The summed E-state index contributed by atoms with van der Waals surface area (Å²) in [5.74, 6) is 0.917. The first-order valence-electron chi connectivity index (χ1n) is 8.95. The van der Waals surface area contributed by atoms with Gasteiger partial charge in [-0.2, -0.15) is 0 Å². The second-order valence-corrected chi connectivity index (χ2v) is 6.81. The van der Waals surface area contributed by atoms with E-state index in [0.717, 1.165) is 18.2 Å². The number of aliphatic hydroxyl groups is 1. The molecule has 0 saturated heterocycles. The van der Waals surface area contributed by atoms with E-state index < -0.39 is 11.4 Å². The lowest BCUT2D eigenvalue weighted by Crippen LogP contribution is -2.12. The van der Waals surface area contributed by atoms with Crippen molar-refractivity contribution in [1.82, 2.24) is 4.98 Å². The minimum Gasteiger partial charge on any atom is -0.493 e. The van der Waals surface area contributed by atoms with E-state index in [1.807, 2.05) is 18.2 Å². The first kappa shape index (κ1) is 17.5. The van der Waals surface area contributed by atoms with Crippen molar-refractivity contribution in [3.05, 3.63) is 54.5 Å². The molecule has 1 saturated carbocycles. The third-order valence-corrected chi connectivity index (χ3v) is 4.78. The third kappa shape index (κ3) is 3.95. The van der Waals surface area contributed by atoms with Gasteiger partial charge < -0.3 is 19.9 Å². The normalized spacial score (nSPS) is 14.8. The molecular formula is C21H21FN2O3. The molecule has 0 aliphatic heterocycles. The largest absolute Gasteiger partial charge is 0.493 e. The maximum absolute atomic E-state index is 14.2. The van der Waals surface area contributed by atoms with E-state index in [1.165, 1.54) is 6.07 Å². The average molecular weight is 368 g/mol. The van der Waals surface area contributed by atoms with Crippen LogP contribution in [0.2, 0.25) is 0 Å². The second kappa shape index (κ2) is 7.04. The number of nitrogens with zero attached hydrogens (tertiary/aromatic N) is 1. The van der Waals surface area contributed by atoms with Gasteiger partial charge in [0.15, 0.2) is 11.6 Å². The molecule has 2 N–H and O–H groups in total. The Morgan fingerprint density at radius 3 is 2.74 bits per heavy atom. The number of fused-ring (bicyclic) bond motifs is 1.